The summed E-state index contributed by atoms with van der Waals surface area (Å²) >= 11 is 0. The Hall–Kier alpha value is -5.56. The lowest BCUT2D eigenvalue weighted by molar-refractivity contribution is -0.151. The van der Waals surface area contributed by atoms with Crippen LogP contribution in [0.3, 0.4) is 0 Å². The number of rotatable bonds is 32. The molecule has 4 rings (SSSR count). The van der Waals surface area contributed by atoms with Crippen LogP contribution in [0.15, 0.2) is 74.9 Å². The summed E-state index contributed by atoms with van der Waals surface area (Å²) < 4.78 is 60.5. The fraction of sp³-hybridized carbons (Fsp3) is 0.661. The molecule has 0 bridgehead atoms. The lowest BCUT2D eigenvalue weighted by Crippen LogP contribution is -2.27. The van der Waals surface area contributed by atoms with Gasteiger partial charge in [0.15, 0.2) is 0 Å². The number of ether oxygens (including phenoxy) is 12. The van der Waals surface area contributed by atoms with E-state index in [1.54, 1.807) is 26.4 Å². The molecule has 1 aromatic rings. The Kier molecular flexibility index (Phi) is 42.0. The molecule has 0 saturated heterocycles. The van der Waals surface area contributed by atoms with E-state index in [9.17, 15) is 28.8 Å². The number of esters is 5. The predicted octanol–water partition coefficient (Wildman–Crippen LogP) is 11.3. The molecule has 0 unspecified atom stereocenters. The standard InChI is InChI=1S/C16H28O4.C16H28O3.C15H24O5.C12H12O6/c1-3-16(17)20-13-7-5-4-6-12-19-15-10-8-14(18-2)9-11-15;1-3-16(17)19-13-7-5-4-6-8-14-9-11-15(18-2)12-10-14;1-3-14(16)19-10-4-5-11-20-15(17)12-6-8-13(18-2)9-7-12;1-3-11(13)16-8-17-12(14)18-10-6-4-9(15-2)5-7-10/h3,14-15H,1,4-13H2,2H3;3,14-15H,1,4-13H2,2H3;3,12-13H,1,4-11H2,2H3;3-7H,1,8H2,2H3. The van der Waals surface area contributed by atoms with E-state index in [2.05, 4.69) is 35.8 Å². The minimum absolute atomic E-state index is 0.0139. The van der Waals surface area contributed by atoms with E-state index in [0.29, 0.717) is 69.4 Å². The molecule has 0 radical (unpaired) electrons. The fourth-order valence-corrected chi connectivity index (χ4v) is 8.48. The smallest absolute Gasteiger partial charge is 0.497 e. The number of unbranched alkanes of at least 4 members (excludes halogenated alkanes) is 7. The molecule has 3 aliphatic rings. The summed E-state index contributed by atoms with van der Waals surface area (Å²) in [5.41, 5.74) is 0. The maximum atomic E-state index is 11.8. The van der Waals surface area contributed by atoms with E-state index in [1.165, 1.54) is 76.3 Å². The van der Waals surface area contributed by atoms with Crippen LogP contribution in [-0.4, -0.2) is 129 Å². The highest BCUT2D eigenvalue weighted by atomic mass is 16.8. The van der Waals surface area contributed by atoms with Crippen molar-refractivity contribution in [2.75, 3.05) is 68.3 Å². The average molecular weight is 1090 g/mol. The van der Waals surface area contributed by atoms with E-state index >= 15 is 0 Å². The number of methoxy groups -OCH3 is 4. The largest absolute Gasteiger partial charge is 0.516 e. The van der Waals surface area contributed by atoms with Crippen molar-refractivity contribution in [3.05, 3.63) is 74.9 Å². The highest BCUT2D eigenvalue weighted by Crippen LogP contribution is 2.30. The molecule has 77 heavy (non-hydrogen) atoms. The van der Waals surface area contributed by atoms with Gasteiger partial charge < -0.3 is 56.8 Å². The Morgan fingerprint density at radius 2 is 0.805 bits per heavy atom. The maximum absolute atomic E-state index is 11.8. The molecule has 0 heterocycles. The Morgan fingerprint density at radius 1 is 0.429 bits per heavy atom. The molecule has 3 fully saturated rings. The number of carbonyl (C=O) groups excluding carboxylic acids is 6. The fourth-order valence-electron chi connectivity index (χ4n) is 8.48. The quantitative estimate of drug-likeness (QED) is 0.0164. The molecule has 1 aromatic carbocycles. The van der Waals surface area contributed by atoms with Gasteiger partial charge >= 0.3 is 36.0 Å². The van der Waals surface area contributed by atoms with Crippen LogP contribution in [0.1, 0.15) is 148 Å². The third-order valence-corrected chi connectivity index (χ3v) is 13.1. The number of benzene rings is 1. The van der Waals surface area contributed by atoms with Crippen LogP contribution in [0.4, 0.5) is 4.79 Å². The first kappa shape index (κ1) is 69.5. The molecule has 0 aromatic heterocycles. The van der Waals surface area contributed by atoms with Crippen LogP contribution in [0.2, 0.25) is 0 Å². The Labute approximate surface area is 458 Å². The van der Waals surface area contributed by atoms with E-state index in [-0.39, 0.29) is 29.6 Å². The topological polar surface area (TPSA) is 213 Å². The molecule has 0 N–H and O–H groups in total. The SMILES string of the molecule is C=CC(=O)OCCCCCCC1CCC(OC)CC1.C=CC(=O)OCCCCCCOC1CCC(OC)CC1.C=CC(=O)OCCCCOC(=O)C1CCC(OC)CC1.C=CC(=O)OCOC(=O)Oc1ccc(OC)cc1. The van der Waals surface area contributed by atoms with Gasteiger partial charge in [0.25, 0.3) is 0 Å². The normalized spacial score (nSPS) is 19.4. The second-order valence-corrected chi connectivity index (χ2v) is 18.7. The summed E-state index contributed by atoms with van der Waals surface area (Å²) in [5.74, 6) is -0.0156. The highest BCUT2D eigenvalue weighted by Gasteiger charge is 2.27. The van der Waals surface area contributed by atoms with Crippen molar-refractivity contribution in [3.63, 3.8) is 0 Å². The van der Waals surface area contributed by atoms with Crippen molar-refractivity contribution in [1.82, 2.24) is 0 Å². The Balaban J connectivity index is 0.000000514. The zero-order valence-electron chi connectivity index (χ0n) is 46.8. The van der Waals surface area contributed by atoms with Gasteiger partial charge in [-0.05, 0) is 146 Å². The molecular weight excluding hydrogens is 997 g/mol. The van der Waals surface area contributed by atoms with Gasteiger partial charge in [-0.25, -0.2) is 24.0 Å². The van der Waals surface area contributed by atoms with Crippen molar-refractivity contribution in [2.24, 2.45) is 11.8 Å². The van der Waals surface area contributed by atoms with Crippen LogP contribution < -0.4 is 9.47 Å². The first-order valence-corrected chi connectivity index (χ1v) is 27.4. The van der Waals surface area contributed by atoms with Gasteiger partial charge in [0.1, 0.15) is 11.5 Å². The Bertz CT molecular complexity index is 1780. The second kappa shape index (κ2) is 46.5. The van der Waals surface area contributed by atoms with Gasteiger partial charge in [0.05, 0.1) is 63.9 Å². The van der Waals surface area contributed by atoms with Gasteiger partial charge in [-0.2, -0.15) is 0 Å². The van der Waals surface area contributed by atoms with Gasteiger partial charge in [0.2, 0.25) is 6.79 Å². The zero-order chi connectivity index (χ0) is 56.7. The number of hydrogen-bond acceptors (Lipinski definition) is 18. The summed E-state index contributed by atoms with van der Waals surface area (Å²) in [7, 11) is 6.85. The summed E-state index contributed by atoms with van der Waals surface area (Å²) in [6, 6.07) is 6.33. The van der Waals surface area contributed by atoms with Crippen LogP contribution in [-0.2, 0) is 71.3 Å². The molecular formula is C59H92O18. The molecule has 0 amide bonds. The van der Waals surface area contributed by atoms with E-state index in [4.69, 9.17) is 47.4 Å². The summed E-state index contributed by atoms with van der Waals surface area (Å²) in [5, 5.41) is 0. The lowest BCUT2D eigenvalue weighted by Gasteiger charge is -2.27. The van der Waals surface area contributed by atoms with Gasteiger partial charge in [0, 0.05) is 52.2 Å². The van der Waals surface area contributed by atoms with Crippen LogP contribution >= 0.6 is 0 Å². The van der Waals surface area contributed by atoms with Crippen molar-refractivity contribution >= 4 is 36.0 Å². The first-order chi connectivity index (χ1) is 37.3. The number of hydrogen-bond donors (Lipinski definition) is 0. The minimum atomic E-state index is -0.975. The van der Waals surface area contributed by atoms with E-state index < -0.39 is 24.9 Å². The monoisotopic (exact) mass is 1090 g/mol. The summed E-state index contributed by atoms with van der Waals surface area (Å²) in [4.78, 5) is 66.0. The van der Waals surface area contributed by atoms with Gasteiger partial charge in [-0.15, -0.1) is 0 Å². The zero-order valence-corrected chi connectivity index (χ0v) is 46.8. The number of carbonyl (C=O) groups is 6. The summed E-state index contributed by atoms with van der Waals surface area (Å²) in [6.07, 6.45) is 29.9. The Morgan fingerprint density at radius 3 is 1.26 bits per heavy atom. The molecule has 0 aliphatic heterocycles. The van der Waals surface area contributed by atoms with Gasteiger partial charge in [-0.1, -0.05) is 58.4 Å². The second-order valence-electron chi connectivity index (χ2n) is 18.7. The molecule has 18 nitrogen and oxygen atoms in total. The average Bonchev–Trinajstić information content (AvgIpc) is 3.47. The third kappa shape index (κ3) is 37.0. The van der Waals surface area contributed by atoms with Crippen LogP contribution in [0.25, 0.3) is 0 Å². The van der Waals surface area contributed by atoms with Crippen molar-refractivity contribution < 1.29 is 85.6 Å². The van der Waals surface area contributed by atoms with E-state index in [0.717, 1.165) is 115 Å². The molecule has 3 saturated carbocycles. The third-order valence-electron chi connectivity index (χ3n) is 13.1. The van der Waals surface area contributed by atoms with Crippen LogP contribution in [0, 0.1) is 11.8 Å². The highest BCUT2D eigenvalue weighted by molar-refractivity contribution is 5.82. The minimum Gasteiger partial charge on any atom is -0.497 e. The lowest BCUT2D eigenvalue weighted by atomic mass is 9.84. The van der Waals surface area contributed by atoms with Gasteiger partial charge in [-0.3, -0.25) is 4.79 Å². The van der Waals surface area contributed by atoms with Crippen LogP contribution in [0.5, 0.6) is 11.5 Å². The summed E-state index contributed by atoms with van der Waals surface area (Å²) in [6.45, 7) is 15.3. The van der Waals surface area contributed by atoms with Crippen molar-refractivity contribution in [1.29, 1.82) is 0 Å². The molecule has 0 spiro atoms. The predicted molar refractivity (Wildman–Crippen MR) is 291 cm³/mol. The maximum Gasteiger partial charge on any atom is 0.516 e. The molecule has 3 aliphatic carbocycles. The first-order valence-electron chi connectivity index (χ1n) is 27.4. The van der Waals surface area contributed by atoms with Crippen molar-refractivity contribution in [3.8, 4) is 11.5 Å². The molecule has 436 valence electrons. The van der Waals surface area contributed by atoms with E-state index in [1.807, 2.05) is 7.11 Å². The molecule has 0 atom stereocenters. The van der Waals surface area contributed by atoms with Crippen molar-refractivity contribution in [2.45, 2.75) is 172 Å². The molecule has 18 heteroatoms.